The van der Waals surface area contributed by atoms with Crippen LogP contribution in [0.4, 0.5) is 5.13 Å². The number of hydrogen-bond donors (Lipinski definition) is 1. The molecule has 1 N–H and O–H groups in total. The van der Waals surface area contributed by atoms with E-state index in [4.69, 9.17) is 0 Å². The van der Waals surface area contributed by atoms with Crippen LogP contribution in [0.25, 0.3) is 0 Å². The van der Waals surface area contributed by atoms with Crippen molar-refractivity contribution in [3.05, 3.63) is 76.3 Å². The van der Waals surface area contributed by atoms with Gasteiger partial charge in [-0.05, 0) is 49.9 Å². The number of aromatic nitrogens is 1. The maximum atomic E-state index is 13.4. The third-order valence-electron chi connectivity index (χ3n) is 6.92. The van der Waals surface area contributed by atoms with Crippen LogP contribution in [0.15, 0.2) is 64.7 Å². The first-order valence-corrected chi connectivity index (χ1v) is 15.1. The fraction of sp³-hybridized carbons (Fsp3) is 0.296. The van der Waals surface area contributed by atoms with Gasteiger partial charge in [0.15, 0.2) is 20.7 Å². The van der Waals surface area contributed by atoms with Gasteiger partial charge in [-0.3, -0.25) is 29.6 Å². The van der Waals surface area contributed by atoms with Crippen molar-refractivity contribution < 1.29 is 22.8 Å². The molecule has 2 aromatic carbocycles. The summed E-state index contributed by atoms with van der Waals surface area (Å²) in [4.78, 5) is 45.1. The van der Waals surface area contributed by atoms with Gasteiger partial charge < -0.3 is 0 Å². The predicted octanol–water partition coefficient (Wildman–Crippen LogP) is 3.31. The van der Waals surface area contributed by atoms with Crippen LogP contribution in [-0.4, -0.2) is 65.1 Å². The van der Waals surface area contributed by atoms with Crippen LogP contribution < -0.4 is 5.32 Å². The van der Waals surface area contributed by atoms with Crippen molar-refractivity contribution in [1.82, 2.24) is 14.9 Å². The second-order valence-electron chi connectivity index (χ2n) is 9.71. The number of benzene rings is 2. The molecular formula is C27H25N5O5S2. The molecule has 0 atom stereocenters. The molecule has 3 amide bonds. The Hall–Kier alpha value is -3.90. The summed E-state index contributed by atoms with van der Waals surface area (Å²) in [6, 6.07) is 13.0. The molecule has 0 unspecified atom stereocenters. The Morgan fingerprint density at radius 1 is 1.00 bits per heavy atom. The Morgan fingerprint density at radius 2 is 1.64 bits per heavy atom. The lowest BCUT2D eigenvalue weighted by Gasteiger charge is -2.14. The van der Waals surface area contributed by atoms with Crippen molar-refractivity contribution in [2.24, 2.45) is 5.10 Å². The zero-order valence-corrected chi connectivity index (χ0v) is 22.5. The first-order valence-electron chi connectivity index (χ1n) is 12.7. The number of hydrogen-bond acceptors (Lipinski definition) is 9. The molecule has 0 spiro atoms. The van der Waals surface area contributed by atoms with E-state index < -0.39 is 15.7 Å². The van der Waals surface area contributed by atoms with Gasteiger partial charge in [0, 0.05) is 29.7 Å². The molecule has 6 rings (SSSR count). The topological polar surface area (TPSA) is 129 Å². The number of sulfone groups is 1. The molecule has 2 fully saturated rings. The maximum absolute atomic E-state index is 13.4. The van der Waals surface area contributed by atoms with Crippen LogP contribution in [0.2, 0.25) is 0 Å². The van der Waals surface area contributed by atoms with Crippen LogP contribution in [0, 0.1) is 0 Å². The van der Waals surface area contributed by atoms with Crippen molar-refractivity contribution in [2.45, 2.75) is 42.4 Å². The minimum absolute atomic E-state index is 0.0472. The minimum atomic E-state index is -3.34. The molecule has 3 aliphatic rings. The average Bonchev–Trinajstić information content (AvgIpc) is 3.44. The lowest BCUT2D eigenvalue weighted by Crippen LogP contribution is -2.28. The number of hydrazone groups is 1. The van der Waals surface area contributed by atoms with E-state index in [2.05, 4.69) is 15.4 Å². The van der Waals surface area contributed by atoms with Gasteiger partial charge in [-0.25, -0.2) is 13.4 Å². The summed E-state index contributed by atoms with van der Waals surface area (Å²) in [6.07, 6.45) is 4.84. The summed E-state index contributed by atoms with van der Waals surface area (Å²) in [7, 11) is -3.34. The molecule has 1 saturated heterocycles. The van der Waals surface area contributed by atoms with E-state index in [1.807, 2.05) is 5.01 Å². The van der Waals surface area contributed by atoms with Crippen LogP contribution in [0.3, 0.4) is 0 Å². The number of fused-ring (bicyclic) bond motifs is 1. The van der Waals surface area contributed by atoms with Gasteiger partial charge in [-0.15, -0.1) is 0 Å². The quantitative estimate of drug-likeness (QED) is 0.329. The van der Waals surface area contributed by atoms with Gasteiger partial charge in [0.05, 0.1) is 27.8 Å². The first-order chi connectivity index (χ1) is 18.8. The van der Waals surface area contributed by atoms with Gasteiger partial charge in [0.1, 0.15) is 0 Å². The standard InChI is InChI=1S/C27H25N5O5S2/c33-24(29-27-28-15-18(38-27)16-32-25(34)21-5-1-2-6-22(21)26(32)35)23(30-31-13-3-4-14-31)17-7-9-19(10-8-17)39(36,37)20-11-12-20/h1-2,5-10,15,20H,3-4,11-14,16H2,(H,28,29,33). The van der Waals surface area contributed by atoms with Gasteiger partial charge in [-0.1, -0.05) is 35.6 Å². The van der Waals surface area contributed by atoms with E-state index in [0.29, 0.717) is 39.5 Å². The Balaban J connectivity index is 1.19. The third kappa shape index (κ3) is 4.97. The van der Waals surface area contributed by atoms with Crippen LogP contribution in [-0.2, 0) is 21.2 Å². The third-order valence-corrected chi connectivity index (χ3v) is 10.1. The minimum Gasteiger partial charge on any atom is -0.296 e. The van der Waals surface area contributed by atoms with Gasteiger partial charge in [0.25, 0.3) is 17.7 Å². The molecule has 10 nitrogen and oxygen atoms in total. The van der Waals surface area contributed by atoms with Crippen molar-refractivity contribution >= 4 is 49.7 Å². The smallest absolute Gasteiger partial charge is 0.278 e. The van der Waals surface area contributed by atoms with E-state index in [1.165, 1.54) is 34.6 Å². The lowest BCUT2D eigenvalue weighted by molar-refractivity contribution is -0.110. The Labute approximate surface area is 229 Å². The molecule has 3 aromatic rings. The second kappa shape index (κ2) is 10.0. The summed E-state index contributed by atoms with van der Waals surface area (Å²) >= 11 is 1.17. The van der Waals surface area contributed by atoms with Gasteiger partial charge in [-0.2, -0.15) is 5.10 Å². The van der Waals surface area contributed by atoms with E-state index in [-0.39, 0.29) is 34.2 Å². The molecule has 12 heteroatoms. The number of thiazole rings is 1. The molecule has 1 aromatic heterocycles. The molecule has 3 heterocycles. The number of carbonyl (C=O) groups is 3. The summed E-state index contributed by atoms with van der Waals surface area (Å²) in [6.45, 7) is 1.50. The molecule has 1 aliphatic carbocycles. The number of imide groups is 1. The molecular weight excluding hydrogens is 538 g/mol. The average molecular weight is 564 g/mol. The highest BCUT2D eigenvalue weighted by Gasteiger charge is 2.37. The van der Waals surface area contributed by atoms with E-state index in [0.717, 1.165) is 25.9 Å². The molecule has 39 heavy (non-hydrogen) atoms. The monoisotopic (exact) mass is 563 g/mol. The number of nitrogens with one attached hydrogen (secondary N) is 1. The van der Waals surface area contributed by atoms with Crippen molar-refractivity contribution in [3.63, 3.8) is 0 Å². The lowest BCUT2D eigenvalue weighted by atomic mass is 10.1. The van der Waals surface area contributed by atoms with E-state index >= 15 is 0 Å². The van der Waals surface area contributed by atoms with Gasteiger partial charge >= 0.3 is 0 Å². The molecule has 1 saturated carbocycles. The highest BCUT2D eigenvalue weighted by molar-refractivity contribution is 7.92. The first kappa shape index (κ1) is 25.4. The number of carbonyl (C=O) groups excluding carboxylic acids is 3. The fourth-order valence-electron chi connectivity index (χ4n) is 4.68. The summed E-state index contributed by atoms with van der Waals surface area (Å²) in [5.74, 6) is -1.20. The summed E-state index contributed by atoms with van der Waals surface area (Å²) in [5.41, 5.74) is 1.40. The molecule has 0 radical (unpaired) electrons. The zero-order valence-electron chi connectivity index (χ0n) is 20.9. The molecule has 2 aliphatic heterocycles. The Morgan fingerprint density at radius 3 is 2.26 bits per heavy atom. The molecule has 200 valence electrons. The van der Waals surface area contributed by atoms with E-state index in [9.17, 15) is 22.8 Å². The number of nitrogens with zero attached hydrogens (tertiary/aromatic N) is 4. The van der Waals surface area contributed by atoms with Crippen molar-refractivity contribution in [1.29, 1.82) is 0 Å². The largest absolute Gasteiger partial charge is 0.296 e. The Bertz CT molecular complexity index is 1570. The number of anilines is 1. The fourth-order valence-corrected chi connectivity index (χ4v) is 7.14. The SMILES string of the molecule is O=C(Nc1ncc(CN2C(=O)c3ccccc3C2=O)s1)C(=NN1CCCC1)c1ccc(S(=O)(=O)C2CC2)cc1. The second-order valence-corrected chi connectivity index (χ2v) is 13.0. The van der Waals surface area contributed by atoms with Crippen LogP contribution in [0.1, 0.15) is 56.8 Å². The van der Waals surface area contributed by atoms with Crippen molar-refractivity contribution in [3.8, 4) is 0 Å². The molecule has 0 bridgehead atoms. The zero-order chi connectivity index (χ0) is 27.1. The van der Waals surface area contributed by atoms with Crippen LogP contribution in [0.5, 0.6) is 0 Å². The van der Waals surface area contributed by atoms with E-state index in [1.54, 1.807) is 36.4 Å². The highest BCUT2D eigenvalue weighted by atomic mass is 32.2. The highest BCUT2D eigenvalue weighted by Crippen LogP contribution is 2.33. The number of rotatable bonds is 8. The predicted molar refractivity (Wildman–Crippen MR) is 145 cm³/mol. The van der Waals surface area contributed by atoms with Gasteiger partial charge in [0.2, 0.25) is 0 Å². The van der Waals surface area contributed by atoms with Crippen molar-refractivity contribution in [2.75, 3.05) is 18.4 Å². The Kier molecular flexibility index (Phi) is 6.51. The number of amides is 3. The maximum Gasteiger partial charge on any atom is 0.278 e. The normalized spacial score (nSPS) is 17.6. The summed E-state index contributed by atoms with van der Waals surface area (Å²) in [5, 5.41) is 9.18. The van der Waals surface area contributed by atoms with Crippen LogP contribution >= 0.6 is 11.3 Å². The summed E-state index contributed by atoms with van der Waals surface area (Å²) < 4.78 is 25.2.